The maximum atomic E-state index is 11.8. The molecule has 2 heterocycles. The molecule has 1 N–H and O–H groups in total. The maximum absolute atomic E-state index is 11.8. The van der Waals surface area contributed by atoms with E-state index >= 15 is 0 Å². The fraction of sp³-hybridized carbons (Fsp3) is 0.385. The van der Waals surface area contributed by atoms with Gasteiger partial charge in [0.1, 0.15) is 0 Å². The topological polar surface area (TPSA) is 46.4 Å². The van der Waals surface area contributed by atoms with Gasteiger partial charge in [-0.3, -0.25) is 14.5 Å². The second-order valence-electron chi connectivity index (χ2n) is 5.03. The lowest BCUT2D eigenvalue weighted by Crippen LogP contribution is -2.20. The Morgan fingerprint density at radius 2 is 2.22 bits per heavy atom. The van der Waals surface area contributed by atoms with E-state index in [1.54, 1.807) is 18.0 Å². The van der Waals surface area contributed by atoms with Crippen LogP contribution in [-0.2, 0) is 4.79 Å². The molecule has 1 amide bonds. The Balaban J connectivity index is 2.03. The molecule has 0 aromatic carbocycles. The van der Waals surface area contributed by atoms with Gasteiger partial charge in [-0.25, -0.2) is 4.98 Å². The number of thioether (sulfide) groups is 1. The average molecular weight is 263 g/mol. The molecule has 2 aromatic heterocycles. The van der Waals surface area contributed by atoms with Gasteiger partial charge in [0.2, 0.25) is 11.9 Å². The number of nitrogens with one attached hydrogen (secondary N) is 1. The van der Waals surface area contributed by atoms with E-state index in [9.17, 15) is 4.79 Å². The van der Waals surface area contributed by atoms with Crippen LogP contribution in [0.2, 0.25) is 0 Å². The third kappa shape index (κ3) is 3.26. The molecular formula is C13H17N3OS. The molecule has 0 saturated heterocycles. The van der Waals surface area contributed by atoms with Gasteiger partial charge in [-0.1, -0.05) is 26.8 Å². The number of carbonyl (C=O) groups is 1. The van der Waals surface area contributed by atoms with Crippen LogP contribution < -0.4 is 5.32 Å². The monoisotopic (exact) mass is 263 g/mol. The summed E-state index contributed by atoms with van der Waals surface area (Å²) in [6, 6.07) is 5.80. The van der Waals surface area contributed by atoms with Crippen molar-refractivity contribution in [3.8, 4) is 0 Å². The largest absolute Gasteiger partial charge is 0.295 e. The van der Waals surface area contributed by atoms with Crippen LogP contribution in [0, 0.1) is 0 Å². The molecule has 0 saturated carbocycles. The lowest BCUT2D eigenvalue weighted by atomic mass is 10.3. The van der Waals surface area contributed by atoms with E-state index in [2.05, 4.69) is 31.1 Å². The van der Waals surface area contributed by atoms with Crippen LogP contribution in [0.1, 0.15) is 20.8 Å². The summed E-state index contributed by atoms with van der Waals surface area (Å²) in [7, 11) is 0. The molecule has 2 aromatic rings. The summed E-state index contributed by atoms with van der Waals surface area (Å²) < 4.78 is 1.95. The summed E-state index contributed by atoms with van der Waals surface area (Å²) in [6.07, 6.45) is 3.63. The first-order valence-corrected chi connectivity index (χ1v) is 6.80. The number of hydrogen-bond acceptors (Lipinski definition) is 3. The van der Waals surface area contributed by atoms with Crippen LogP contribution >= 0.6 is 11.8 Å². The molecule has 2 rings (SSSR count). The minimum atomic E-state index is -0.0220. The van der Waals surface area contributed by atoms with Gasteiger partial charge < -0.3 is 0 Å². The van der Waals surface area contributed by atoms with Crippen molar-refractivity contribution in [2.75, 3.05) is 11.1 Å². The fourth-order valence-corrected chi connectivity index (χ4v) is 2.12. The van der Waals surface area contributed by atoms with Crippen LogP contribution in [0.15, 0.2) is 30.6 Å². The number of rotatable bonds is 3. The van der Waals surface area contributed by atoms with Crippen LogP contribution in [0.25, 0.3) is 5.52 Å². The molecular weight excluding hydrogens is 246 g/mol. The van der Waals surface area contributed by atoms with E-state index in [-0.39, 0.29) is 10.7 Å². The lowest BCUT2D eigenvalue weighted by Gasteiger charge is -2.16. The smallest absolute Gasteiger partial charge is 0.236 e. The third-order valence-electron chi connectivity index (χ3n) is 2.33. The molecule has 96 valence electrons. The van der Waals surface area contributed by atoms with Crippen molar-refractivity contribution in [3.05, 3.63) is 30.6 Å². The summed E-state index contributed by atoms with van der Waals surface area (Å²) in [5, 5.41) is 2.83. The predicted molar refractivity (Wildman–Crippen MR) is 76.0 cm³/mol. The Morgan fingerprint density at radius 3 is 2.94 bits per heavy atom. The van der Waals surface area contributed by atoms with Crippen LogP contribution in [0.5, 0.6) is 0 Å². The maximum Gasteiger partial charge on any atom is 0.236 e. The Labute approximate surface area is 111 Å². The van der Waals surface area contributed by atoms with Crippen molar-refractivity contribution in [2.24, 2.45) is 0 Å². The minimum Gasteiger partial charge on any atom is -0.295 e. The molecule has 0 aliphatic rings. The fourth-order valence-electron chi connectivity index (χ4n) is 1.48. The van der Waals surface area contributed by atoms with E-state index in [0.717, 1.165) is 5.52 Å². The third-order valence-corrected chi connectivity index (χ3v) is 3.60. The van der Waals surface area contributed by atoms with Gasteiger partial charge in [0.15, 0.2) is 0 Å². The second-order valence-corrected chi connectivity index (χ2v) is 6.83. The van der Waals surface area contributed by atoms with Crippen molar-refractivity contribution < 1.29 is 4.79 Å². The van der Waals surface area contributed by atoms with E-state index < -0.39 is 0 Å². The molecule has 0 fully saturated rings. The summed E-state index contributed by atoms with van der Waals surface area (Å²) in [5.74, 6) is 0.988. The zero-order valence-corrected chi connectivity index (χ0v) is 11.6. The number of imidazole rings is 1. The first kappa shape index (κ1) is 13.0. The van der Waals surface area contributed by atoms with E-state index in [4.69, 9.17) is 0 Å². The highest BCUT2D eigenvalue weighted by Gasteiger charge is 2.14. The number of pyridine rings is 1. The summed E-state index contributed by atoms with van der Waals surface area (Å²) in [6.45, 7) is 6.28. The minimum absolute atomic E-state index is 0.0220. The average Bonchev–Trinajstić information content (AvgIpc) is 2.70. The predicted octanol–water partition coefficient (Wildman–Crippen LogP) is 2.80. The number of amides is 1. The number of fused-ring (bicyclic) bond motifs is 1. The van der Waals surface area contributed by atoms with Crippen molar-refractivity contribution >= 4 is 29.1 Å². The quantitative estimate of drug-likeness (QED) is 0.926. The molecule has 0 radical (unpaired) electrons. The zero-order chi connectivity index (χ0) is 13.2. The molecule has 0 unspecified atom stereocenters. The van der Waals surface area contributed by atoms with Crippen molar-refractivity contribution in [2.45, 2.75) is 25.5 Å². The van der Waals surface area contributed by atoms with Gasteiger partial charge in [0, 0.05) is 10.9 Å². The molecule has 5 heteroatoms. The number of nitrogens with zero attached hydrogens (tertiary/aromatic N) is 2. The van der Waals surface area contributed by atoms with Crippen molar-refractivity contribution in [1.82, 2.24) is 9.38 Å². The van der Waals surface area contributed by atoms with E-state index in [1.165, 1.54) is 0 Å². The van der Waals surface area contributed by atoms with Crippen molar-refractivity contribution in [1.29, 1.82) is 0 Å². The molecule has 4 nitrogen and oxygen atoms in total. The van der Waals surface area contributed by atoms with E-state index in [0.29, 0.717) is 11.7 Å². The Bertz CT molecular complexity index is 557. The van der Waals surface area contributed by atoms with Gasteiger partial charge in [0.25, 0.3) is 0 Å². The highest BCUT2D eigenvalue weighted by atomic mass is 32.2. The highest BCUT2D eigenvalue weighted by Crippen LogP contribution is 2.23. The highest BCUT2D eigenvalue weighted by molar-refractivity contribution is 8.01. The molecule has 18 heavy (non-hydrogen) atoms. The number of anilines is 1. The Kier molecular flexibility index (Phi) is 3.61. The molecule has 0 atom stereocenters. The first-order valence-electron chi connectivity index (χ1n) is 5.82. The van der Waals surface area contributed by atoms with Crippen LogP contribution in [0.4, 0.5) is 5.95 Å². The van der Waals surface area contributed by atoms with Crippen molar-refractivity contribution in [3.63, 3.8) is 0 Å². The Morgan fingerprint density at radius 1 is 1.44 bits per heavy atom. The van der Waals surface area contributed by atoms with Crippen LogP contribution in [-0.4, -0.2) is 25.8 Å². The molecule has 0 spiro atoms. The zero-order valence-electron chi connectivity index (χ0n) is 10.8. The molecule has 0 aliphatic carbocycles. The summed E-state index contributed by atoms with van der Waals surface area (Å²) >= 11 is 1.62. The number of hydrogen-bond donors (Lipinski definition) is 1. The Hall–Kier alpha value is -1.49. The summed E-state index contributed by atoms with van der Waals surface area (Å²) in [4.78, 5) is 16.0. The van der Waals surface area contributed by atoms with Gasteiger partial charge in [-0.2, -0.15) is 0 Å². The normalized spacial score (nSPS) is 11.7. The van der Waals surface area contributed by atoms with Crippen LogP contribution in [0.3, 0.4) is 0 Å². The van der Waals surface area contributed by atoms with Gasteiger partial charge in [0.05, 0.1) is 17.5 Å². The lowest BCUT2D eigenvalue weighted by molar-refractivity contribution is -0.113. The number of carbonyl (C=O) groups excluding carboxylic acids is 1. The standard InChI is InChI=1S/C13H17N3OS/c1-13(2,3)18-9-11(17)15-12-14-8-10-6-4-5-7-16(10)12/h4-8H,9H2,1-3H3,(H,14,15,17). The van der Waals surface area contributed by atoms with E-state index in [1.807, 2.05) is 28.8 Å². The second kappa shape index (κ2) is 5.02. The molecule has 0 aliphatic heterocycles. The van der Waals surface area contributed by atoms with Gasteiger partial charge in [-0.15, -0.1) is 11.8 Å². The van der Waals surface area contributed by atoms with Gasteiger partial charge in [-0.05, 0) is 12.1 Å². The summed E-state index contributed by atoms with van der Waals surface area (Å²) in [5.41, 5.74) is 0.969. The SMILES string of the molecule is CC(C)(C)SCC(=O)Nc1ncc2ccccn12. The van der Waals surface area contributed by atoms with Gasteiger partial charge >= 0.3 is 0 Å². The first-order chi connectivity index (χ1) is 8.46. The number of aromatic nitrogens is 2. The molecule has 0 bridgehead atoms.